The molecule has 7 heteroatoms. The molecule has 2 aromatic rings. The monoisotopic (exact) mass is 383 g/mol. The van der Waals surface area contributed by atoms with Gasteiger partial charge in [0.15, 0.2) is 9.84 Å². The van der Waals surface area contributed by atoms with E-state index in [1.165, 1.54) is 18.2 Å². The van der Waals surface area contributed by atoms with E-state index in [0.29, 0.717) is 21.3 Å². The predicted molar refractivity (Wildman–Crippen MR) is 98.3 cm³/mol. The molecule has 0 aliphatic rings. The summed E-state index contributed by atoms with van der Waals surface area (Å²) in [5.41, 5.74) is 1.17. The van der Waals surface area contributed by atoms with Gasteiger partial charge in [-0.1, -0.05) is 36.2 Å². The summed E-state index contributed by atoms with van der Waals surface area (Å²) in [4.78, 5) is 12.1. The Labute approximate surface area is 151 Å². The lowest BCUT2D eigenvalue weighted by atomic mass is 10.2. The van der Waals surface area contributed by atoms with Gasteiger partial charge in [0.05, 0.1) is 10.6 Å². The number of rotatable bonds is 5. The Morgan fingerprint density at radius 3 is 2.38 bits per heavy atom. The molecule has 4 nitrogen and oxygen atoms in total. The summed E-state index contributed by atoms with van der Waals surface area (Å²) in [6.45, 7) is 1.58. The molecule has 0 radical (unpaired) electrons. The minimum atomic E-state index is -3.25. The number of anilines is 1. The highest BCUT2D eigenvalue weighted by Crippen LogP contribution is 2.22. The Balaban J connectivity index is 2.06. The minimum Gasteiger partial charge on any atom is -0.323 e. The van der Waals surface area contributed by atoms with Crippen LogP contribution in [0.2, 0.25) is 10.0 Å². The lowest BCUT2D eigenvalue weighted by Crippen LogP contribution is -2.08. The van der Waals surface area contributed by atoms with E-state index in [1.807, 2.05) is 0 Å². The van der Waals surface area contributed by atoms with Crippen LogP contribution in [0.25, 0.3) is 6.08 Å². The quantitative estimate of drug-likeness (QED) is 0.776. The van der Waals surface area contributed by atoms with E-state index in [-0.39, 0.29) is 16.6 Å². The van der Waals surface area contributed by atoms with Gasteiger partial charge >= 0.3 is 0 Å². The van der Waals surface area contributed by atoms with Crippen molar-refractivity contribution in [3.8, 4) is 0 Å². The number of nitrogens with one attached hydrogen (secondary N) is 1. The zero-order valence-corrected chi connectivity index (χ0v) is 15.1. The molecule has 0 heterocycles. The number of amides is 1. The molecule has 2 rings (SSSR count). The average Bonchev–Trinajstić information content (AvgIpc) is 2.54. The zero-order valence-electron chi connectivity index (χ0n) is 12.8. The Morgan fingerprint density at radius 1 is 1.12 bits per heavy atom. The van der Waals surface area contributed by atoms with Crippen LogP contribution in [0.15, 0.2) is 53.4 Å². The molecule has 0 aliphatic carbocycles. The third kappa shape index (κ3) is 4.84. The van der Waals surface area contributed by atoms with Gasteiger partial charge in [-0.25, -0.2) is 8.42 Å². The first-order valence-corrected chi connectivity index (χ1v) is 9.49. The molecule has 0 saturated heterocycles. The van der Waals surface area contributed by atoms with Crippen molar-refractivity contribution >= 4 is 50.7 Å². The summed E-state index contributed by atoms with van der Waals surface area (Å²) in [6, 6.07) is 11.0. The van der Waals surface area contributed by atoms with Crippen LogP contribution in [0.3, 0.4) is 0 Å². The number of carbonyl (C=O) groups is 1. The highest BCUT2D eigenvalue weighted by Gasteiger charge is 2.11. The van der Waals surface area contributed by atoms with Crippen LogP contribution in [0.1, 0.15) is 12.5 Å². The fourth-order valence-corrected chi connectivity index (χ4v) is 3.25. The van der Waals surface area contributed by atoms with Crippen LogP contribution in [-0.2, 0) is 14.6 Å². The normalized spacial score (nSPS) is 11.6. The summed E-state index contributed by atoms with van der Waals surface area (Å²) in [5.74, 6) is -0.323. The first-order chi connectivity index (χ1) is 11.3. The van der Waals surface area contributed by atoms with Gasteiger partial charge in [0.2, 0.25) is 5.91 Å². The van der Waals surface area contributed by atoms with E-state index in [0.717, 1.165) is 0 Å². The van der Waals surface area contributed by atoms with E-state index in [2.05, 4.69) is 5.32 Å². The number of benzene rings is 2. The summed E-state index contributed by atoms with van der Waals surface area (Å²) in [5, 5.41) is 3.61. The zero-order chi connectivity index (χ0) is 17.7. The van der Waals surface area contributed by atoms with Crippen molar-refractivity contribution in [2.45, 2.75) is 11.8 Å². The van der Waals surface area contributed by atoms with E-state index in [9.17, 15) is 13.2 Å². The number of carbonyl (C=O) groups excluding carboxylic acids is 1. The van der Waals surface area contributed by atoms with Crippen molar-refractivity contribution in [2.75, 3.05) is 11.1 Å². The van der Waals surface area contributed by atoms with Crippen molar-refractivity contribution in [2.24, 2.45) is 0 Å². The lowest BCUT2D eigenvalue weighted by Gasteiger charge is -2.05. The molecule has 0 atom stereocenters. The maximum absolute atomic E-state index is 11.9. The van der Waals surface area contributed by atoms with Crippen LogP contribution in [0.4, 0.5) is 5.69 Å². The van der Waals surface area contributed by atoms with E-state index in [4.69, 9.17) is 23.2 Å². The van der Waals surface area contributed by atoms with Crippen molar-refractivity contribution in [3.05, 3.63) is 64.1 Å². The molecule has 0 fully saturated rings. The molecule has 0 unspecified atom stereocenters. The van der Waals surface area contributed by atoms with E-state index < -0.39 is 9.84 Å². The smallest absolute Gasteiger partial charge is 0.248 e. The fourth-order valence-electron chi connectivity index (χ4n) is 1.90. The van der Waals surface area contributed by atoms with Crippen LogP contribution in [0, 0.1) is 0 Å². The summed E-state index contributed by atoms with van der Waals surface area (Å²) < 4.78 is 23.5. The Morgan fingerprint density at radius 2 is 1.79 bits per heavy atom. The van der Waals surface area contributed by atoms with Crippen molar-refractivity contribution in [1.29, 1.82) is 0 Å². The molecule has 0 saturated carbocycles. The second-order valence-corrected chi connectivity index (χ2v) is 8.04. The van der Waals surface area contributed by atoms with Crippen molar-refractivity contribution in [1.82, 2.24) is 0 Å². The fraction of sp³-hybridized carbons (Fsp3) is 0.118. The number of sulfone groups is 1. The second kappa shape index (κ2) is 7.83. The van der Waals surface area contributed by atoms with Gasteiger partial charge in [-0.05, 0) is 48.0 Å². The lowest BCUT2D eigenvalue weighted by molar-refractivity contribution is -0.111. The molecular formula is C17H15Cl2NO3S. The maximum Gasteiger partial charge on any atom is 0.248 e. The van der Waals surface area contributed by atoms with Gasteiger partial charge < -0.3 is 5.32 Å². The van der Waals surface area contributed by atoms with Crippen LogP contribution < -0.4 is 5.32 Å². The highest BCUT2D eigenvalue weighted by atomic mass is 35.5. The van der Waals surface area contributed by atoms with Crippen molar-refractivity contribution in [3.63, 3.8) is 0 Å². The van der Waals surface area contributed by atoms with Gasteiger partial charge in [0, 0.05) is 21.8 Å². The van der Waals surface area contributed by atoms with Gasteiger partial charge in [-0.3, -0.25) is 4.79 Å². The molecule has 126 valence electrons. The molecule has 0 aliphatic heterocycles. The SMILES string of the molecule is CCS(=O)(=O)c1ccc(NC(=O)/C=C/c2ccc(Cl)cc2Cl)cc1. The van der Waals surface area contributed by atoms with Crippen molar-refractivity contribution < 1.29 is 13.2 Å². The molecule has 24 heavy (non-hydrogen) atoms. The molecule has 1 amide bonds. The number of halogens is 2. The second-order valence-electron chi connectivity index (χ2n) is 4.92. The van der Waals surface area contributed by atoms with Crippen LogP contribution in [0.5, 0.6) is 0 Å². The topological polar surface area (TPSA) is 63.2 Å². The van der Waals surface area contributed by atoms with Crippen LogP contribution >= 0.6 is 23.2 Å². The average molecular weight is 384 g/mol. The molecule has 0 bridgehead atoms. The number of hydrogen-bond donors (Lipinski definition) is 1. The molecule has 1 N–H and O–H groups in total. The molecule has 2 aromatic carbocycles. The van der Waals surface area contributed by atoms with Gasteiger partial charge in [-0.15, -0.1) is 0 Å². The highest BCUT2D eigenvalue weighted by molar-refractivity contribution is 7.91. The van der Waals surface area contributed by atoms with Gasteiger partial charge in [-0.2, -0.15) is 0 Å². The third-order valence-corrected chi connectivity index (χ3v) is 5.55. The van der Waals surface area contributed by atoms with E-state index >= 15 is 0 Å². The van der Waals surface area contributed by atoms with Gasteiger partial charge in [0.25, 0.3) is 0 Å². The first-order valence-electron chi connectivity index (χ1n) is 7.09. The molecule has 0 aromatic heterocycles. The Bertz CT molecular complexity index is 875. The largest absolute Gasteiger partial charge is 0.323 e. The maximum atomic E-state index is 11.9. The Hall–Kier alpha value is -1.82. The standard InChI is InChI=1S/C17H15Cl2NO3S/c1-2-24(22,23)15-8-6-14(7-9-15)20-17(21)10-4-12-3-5-13(18)11-16(12)19/h3-11H,2H2,1H3,(H,20,21)/b10-4+. The predicted octanol–water partition coefficient (Wildman–Crippen LogP) is 4.44. The summed E-state index contributed by atoms with van der Waals surface area (Å²) >= 11 is 11.8. The summed E-state index contributed by atoms with van der Waals surface area (Å²) in [7, 11) is -3.25. The van der Waals surface area contributed by atoms with E-state index in [1.54, 1.807) is 43.3 Å². The number of hydrogen-bond acceptors (Lipinski definition) is 3. The molecular weight excluding hydrogens is 369 g/mol. The Kier molecular flexibility index (Phi) is 6.04. The van der Waals surface area contributed by atoms with Crippen LogP contribution in [-0.4, -0.2) is 20.1 Å². The summed E-state index contributed by atoms with van der Waals surface area (Å²) in [6.07, 6.45) is 2.91. The van der Waals surface area contributed by atoms with Gasteiger partial charge in [0.1, 0.15) is 0 Å². The minimum absolute atomic E-state index is 0.0310. The first kappa shape index (κ1) is 18.5. The molecule has 0 spiro atoms. The third-order valence-electron chi connectivity index (χ3n) is 3.24.